The fraction of sp³-hybridized carbons (Fsp3) is 0.467. The van der Waals surface area contributed by atoms with E-state index >= 15 is 0 Å². The number of rotatable bonds is 4. The molecule has 1 aromatic heterocycles. The van der Waals surface area contributed by atoms with Gasteiger partial charge in [0.05, 0.1) is 17.2 Å². The minimum atomic E-state index is 0.00933. The second kappa shape index (κ2) is 6.68. The third kappa shape index (κ3) is 3.51. The number of fused-ring (bicyclic) bond motifs is 1. The highest BCUT2D eigenvalue weighted by Gasteiger charge is 2.12. The van der Waals surface area contributed by atoms with Crippen molar-refractivity contribution in [1.29, 1.82) is 0 Å². The smallest absolute Gasteiger partial charge is 0.261 e. The van der Waals surface area contributed by atoms with Gasteiger partial charge in [0.1, 0.15) is 0 Å². The Labute approximate surface area is 131 Å². The van der Waals surface area contributed by atoms with Crippen LogP contribution in [-0.2, 0) is 11.3 Å². The molecule has 1 saturated heterocycles. The topological polar surface area (TPSA) is 56.2 Å². The number of benzene rings is 1. The van der Waals surface area contributed by atoms with Gasteiger partial charge in [-0.05, 0) is 31.0 Å². The third-order valence-corrected chi connectivity index (χ3v) is 4.29. The van der Waals surface area contributed by atoms with E-state index in [2.05, 4.69) is 26.2 Å². The van der Waals surface area contributed by atoms with Crippen molar-refractivity contribution in [1.82, 2.24) is 14.9 Å². The lowest BCUT2D eigenvalue weighted by Gasteiger charge is -2.23. The van der Waals surface area contributed by atoms with Gasteiger partial charge in [-0.2, -0.15) is 0 Å². The molecule has 1 N–H and O–H groups in total. The summed E-state index contributed by atoms with van der Waals surface area (Å²) in [5.74, 6) is 0. The van der Waals surface area contributed by atoms with Crippen molar-refractivity contribution < 1.29 is 4.74 Å². The van der Waals surface area contributed by atoms with Crippen LogP contribution in [0.2, 0.25) is 0 Å². The summed E-state index contributed by atoms with van der Waals surface area (Å²) < 4.78 is 7.90. The first-order chi connectivity index (χ1) is 10.2. The van der Waals surface area contributed by atoms with Crippen LogP contribution >= 0.6 is 15.9 Å². The van der Waals surface area contributed by atoms with Gasteiger partial charge in [-0.3, -0.25) is 9.36 Å². The van der Waals surface area contributed by atoms with Crippen molar-refractivity contribution >= 4 is 26.8 Å². The molecule has 21 heavy (non-hydrogen) atoms. The average Bonchev–Trinajstić information content (AvgIpc) is 2.51. The molecule has 0 bridgehead atoms. The predicted octanol–water partition coefficient (Wildman–Crippen LogP) is 1.93. The summed E-state index contributed by atoms with van der Waals surface area (Å²) in [6.45, 7) is 3.05. The summed E-state index contributed by atoms with van der Waals surface area (Å²) in [4.78, 5) is 16.8. The van der Waals surface area contributed by atoms with Crippen LogP contribution in [0.5, 0.6) is 0 Å². The molecule has 0 radical (unpaired) electrons. The molecule has 0 amide bonds. The molecule has 0 unspecified atom stereocenters. The van der Waals surface area contributed by atoms with Crippen molar-refractivity contribution in [3.63, 3.8) is 0 Å². The molecular formula is C15H18BrN3O2. The van der Waals surface area contributed by atoms with Crippen LogP contribution in [0, 0.1) is 0 Å². The summed E-state index contributed by atoms with van der Waals surface area (Å²) in [6, 6.07) is 6.07. The van der Waals surface area contributed by atoms with E-state index in [1.165, 1.54) is 0 Å². The predicted molar refractivity (Wildman–Crippen MR) is 85.5 cm³/mol. The standard InChI is InChI=1S/C15H18BrN3O2/c16-11-1-2-14-13(9-11)15(20)19(10-18-14)6-5-17-12-3-7-21-8-4-12/h1-2,9-10,12,17H,3-8H2. The maximum absolute atomic E-state index is 12.4. The van der Waals surface area contributed by atoms with Crippen LogP contribution in [0.4, 0.5) is 0 Å². The Balaban J connectivity index is 1.69. The van der Waals surface area contributed by atoms with E-state index in [1.807, 2.05) is 18.2 Å². The summed E-state index contributed by atoms with van der Waals surface area (Å²) in [6.07, 6.45) is 3.71. The van der Waals surface area contributed by atoms with E-state index in [0.29, 0.717) is 18.0 Å². The van der Waals surface area contributed by atoms with Crippen molar-refractivity contribution in [2.45, 2.75) is 25.4 Å². The van der Waals surface area contributed by atoms with Crippen LogP contribution in [0.3, 0.4) is 0 Å². The Morgan fingerprint density at radius 1 is 1.38 bits per heavy atom. The molecule has 1 aliphatic rings. The molecule has 1 fully saturated rings. The highest BCUT2D eigenvalue weighted by atomic mass is 79.9. The molecule has 5 nitrogen and oxygen atoms in total. The molecular weight excluding hydrogens is 334 g/mol. The van der Waals surface area contributed by atoms with Gasteiger partial charge in [0, 0.05) is 36.8 Å². The zero-order valence-electron chi connectivity index (χ0n) is 11.7. The van der Waals surface area contributed by atoms with Crippen LogP contribution in [-0.4, -0.2) is 35.4 Å². The van der Waals surface area contributed by atoms with Gasteiger partial charge in [-0.1, -0.05) is 15.9 Å². The highest BCUT2D eigenvalue weighted by Crippen LogP contribution is 2.14. The SMILES string of the molecule is O=c1c2cc(Br)ccc2ncn1CCNC1CCOCC1. The largest absolute Gasteiger partial charge is 0.381 e. The second-order valence-electron chi connectivity index (χ2n) is 5.25. The van der Waals surface area contributed by atoms with Crippen molar-refractivity contribution in [2.24, 2.45) is 0 Å². The number of aromatic nitrogens is 2. The van der Waals surface area contributed by atoms with Gasteiger partial charge < -0.3 is 10.1 Å². The molecule has 112 valence electrons. The van der Waals surface area contributed by atoms with E-state index in [1.54, 1.807) is 10.9 Å². The summed E-state index contributed by atoms with van der Waals surface area (Å²) in [5.41, 5.74) is 0.743. The summed E-state index contributed by atoms with van der Waals surface area (Å²) >= 11 is 3.40. The molecule has 3 rings (SSSR count). The zero-order chi connectivity index (χ0) is 14.7. The van der Waals surface area contributed by atoms with Crippen molar-refractivity contribution in [2.75, 3.05) is 19.8 Å². The maximum Gasteiger partial charge on any atom is 0.261 e. The second-order valence-corrected chi connectivity index (χ2v) is 6.16. The molecule has 0 aliphatic carbocycles. The van der Waals surface area contributed by atoms with Gasteiger partial charge in [0.25, 0.3) is 5.56 Å². The Hall–Kier alpha value is -1.24. The van der Waals surface area contributed by atoms with Gasteiger partial charge >= 0.3 is 0 Å². The minimum Gasteiger partial charge on any atom is -0.381 e. The zero-order valence-corrected chi connectivity index (χ0v) is 13.3. The van der Waals surface area contributed by atoms with Gasteiger partial charge in [-0.15, -0.1) is 0 Å². The summed E-state index contributed by atoms with van der Waals surface area (Å²) in [7, 11) is 0. The molecule has 2 aromatic rings. The molecule has 1 aliphatic heterocycles. The fourth-order valence-corrected chi connectivity index (χ4v) is 2.94. The van der Waals surface area contributed by atoms with Crippen molar-refractivity contribution in [3.8, 4) is 0 Å². The third-order valence-electron chi connectivity index (χ3n) is 3.79. The number of halogens is 1. The van der Waals surface area contributed by atoms with E-state index < -0.39 is 0 Å². The van der Waals surface area contributed by atoms with Crippen LogP contribution < -0.4 is 10.9 Å². The van der Waals surface area contributed by atoms with Crippen LogP contribution in [0.1, 0.15) is 12.8 Å². The van der Waals surface area contributed by atoms with Crippen molar-refractivity contribution in [3.05, 3.63) is 39.4 Å². The number of hydrogen-bond donors (Lipinski definition) is 1. The number of nitrogens with zero attached hydrogens (tertiary/aromatic N) is 2. The number of nitrogens with one attached hydrogen (secondary N) is 1. The van der Waals surface area contributed by atoms with E-state index in [9.17, 15) is 4.79 Å². The summed E-state index contributed by atoms with van der Waals surface area (Å²) in [5, 5.41) is 4.13. The van der Waals surface area contributed by atoms with Gasteiger partial charge in [-0.25, -0.2) is 4.98 Å². The minimum absolute atomic E-state index is 0.00933. The Kier molecular flexibility index (Phi) is 4.67. The molecule has 6 heteroatoms. The lowest BCUT2D eigenvalue weighted by atomic mass is 10.1. The molecule has 0 saturated carbocycles. The van der Waals surface area contributed by atoms with Crippen LogP contribution in [0.15, 0.2) is 33.8 Å². The first kappa shape index (κ1) is 14.7. The monoisotopic (exact) mass is 351 g/mol. The first-order valence-corrected chi connectivity index (χ1v) is 7.99. The highest BCUT2D eigenvalue weighted by molar-refractivity contribution is 9.10. The average molecular weight is 352 g/mol. The normalized spacial score (nSPS) is 16.4. The van der Waals surface area contributed by atoms with Gasteiger partial charge in [0.15, 0.2) is 0 Å². The fourth-order valence-electron chi connectivity index (χ4n) is 2.58. The Bertz CT molecular complexity index is 680. The molecule has 0 atom stereocenters. The molecule has 0 spiro atoms. The van der Waals surface area contributed by atoms with Gasteiger partial charge in [0.2, 0.25) is 0 Å². The Morgan fingerprint density at radius 3 is 3.00 bits per heavy atom. The number of ether oxygens (including phenoxy) is 1. The molecule has 2 heterocycles. The van der Waals surface area contributed by atoms with E-state index in [4.69, 9.17) is 4.74 Å². The lowest BCUT2D eigenvalue weighted by Crippen LogP contribution is -2.37. The molecule has 1 aromatic carbocycles. The lowest BCUT2D eigenvalue weighted by molar-refractivity contribution is 0.0778. The van der Waals surface area contributed by atoms with E-state index in [-0.39, 0.29) is 5.56 Å². The Morgan fingerprint density at radius 2 is 2.19 bits per heavy atom. The number of hydrogen-bond acceptors (Lipinski definition) is 4. The van der Waals surface area contributed by atoms with E-state index in [0.717, 1.165) is 42.6 Å². The maximum atomic E-state index is 12.4. The first-order valence-electron chi connectivity index (χ1n) is 7.20. The quantitative estimate of drug-likeness (QED) is 0.914. The van der Waals surface area contributed by atoms with Crippen LogP contribution in [0.25, 0.3) is 10.9 Å².